The first-order chi connectivity index (χ1) is 20.6. The summed E-state index contributed by atoms with van der Waals surface area (Å²) in [6.45, 7) is 0. The average Bonchev–Trinajstić information content (AvgIpc) is 3.03. The number of aromatic nitrogens is 2. The van der Waals surface area contributed by atoms with Crippen LogP contribution in [0.25, 0.3) is 22.0 Å². The van der Waals surface area contributed by atoms with E-state index in [0.29, 0.717) is 27.7 Å². The van der Waals surface area contributed by atoms with Crippen molar-refractivity contribution in [2.75, 3.05) is 12.4 Å². The van der Waals surface area contributed by atoms with Crippen molar-refractivity contribution >= 4 is 34.5 Å². The first-order valence-electron chi connectivity index (χ1n) is 12.9. The fraction of sp³-hybridized carbons (Fsp3) is 0.0938. The molecule has 0 saturated heterocycles. The van der Waals surface area contributed by atoms with Gasteiger partial charge in [0.2, 0.25) is 0 Å². The molecule has 0 bridgehead atoms. The zero-order valence-electron chi connectivity index (χ0n) is 22.6. The van der Waals surface area contributed by atoms with E-state index in [9.17, 15) is 27.6 Å². The monoisotopic (exact) mass is 584 g/mol. The zero-order valence-corrected chi connectivity index (χ0v) is 22.6. The predicted molar refractivity (Wildman–Crippen MR) is 153 cm³/mol. The number of alkyl halides is 3. The molecule has 0 radical (unpaired) electrons. The second kappa shape index (κ2) is 12.1. The topological polar surface area (TPSA) is 110 Å². The van der Waals surface area contributed by atoms with Crippen LogP contribution in [0.5, 0.6) is 0 Å². The highest BCUT2D eigenvalue weighted by Crippen LogP contribution is 2.32. The van der Waals surface area contributed by atoms with Gasteiger partial charge in [0.1, 0.15) is 5.82 Å². The van der Waals surface area contributed by atoms with Gasteiger partial charge in [0.15, 0.2) is 6.04 Å². The number of pyridine rings is 2. The van der Waals surface area contributed by atoms with Gasteiger partial charge in [-0.05, 0) is 71.8 Å². The van der Waals surface area contributed by atoms with Crippen LogP contribution in [0, 0.1) is 0 Å². The molecule has 0 aliphatic carbocycles. The van der Waals surface area contributed by atoms with Gasteiger partial charge in [-0.3, -0.25) is 14.6 Å². The molecule has 0 aliphatic rings. The van der Waals surface area contributed by atoms with Gasteiger partial charge in [-0.1, -0.05) is 36.4 Å². The van der Waals surface area contributed by atoms with Gasteiger partial charge in [0.25, 0.3) is 11.8 Å². The second-order valence-corrected chi connectivity index (χ2v) is 9.36. The molecule has 43 heavy (non-hydrogen) atoms. The number of anilines is 1. The molecule has 8 nitrogen and oxygen atoms in total. The minimum Gasteiger partial charge on any atom is -0.467 e. The number of esters is 1. The van der Waals surface area contributed by atoms with Crippen molar-refractivity contribution in [2.45, 2.75) is 12.2 Å². The van der Waals surface area contributed by atoms with Crippen molar-refractivity contribution in [3.63, 3.8) is 0 Å². The van der Waals surface area contributed by atoms with E-state index < -0.39 is 35.6 Å². The van der Waals surface area contributed by atoms with Gasteiger partial charge in [-0.25, -0.2) is 9.78 Å². The van der Waals surface area contributed by atoms with Gasteiger partial charge < -0.3 is 15.4 Å². The van der Waals surface area contributed by atoms with Crippen LogP contribution in [0.4, 0.5) is 19.0 Å². The summed E-state index contributed by atoms with van der Waals surface area (Å²) in [6, 6.07) is 23.0. The molecule has 1 atom stereocenters. The third-order valence-electron chi connectivity index (χ3n) is 6.58. The van der Waals surface area contributed by atoms with Crippen LogP contribution >= 0.6 is 0 Å². The average molecular weight is 585 g/mol. The zero-order chi connectivity index (χ0) is 30.6. The van der Waals surface area contributed by atoms with Crippen molar-refractivity contribution in [2.24, 2.45) is 0 Å². The van der Waals surface area contributed by atoms with Crippen LogP contribution in [0.3, 0.4) is 0 Å². The summed E-state index contributed by atoms with van der Waals surface area (Å²) >= 11 is 0. The number of halogens is 3. The minimum absolute atomic E-state index is 0.234. The van der Waals surface area contributed by atoms with Crippen LogP contribution in [0.2, 0.25) is 0 Å². The Morgan fingerprint density at radius 1 is 0.837 bits per heavy atom. The largest absolute Gasteiger partial charge is 0.467 e. The predicted octanol–water partition coefficient (Wildman–Crippen LogP) is 6.21. The lowest BCUT2D eigenvalue weighted by Crippen LogP contribution is -2.35. The summed E-state index contributed by atoms with van der Waals surface area (Å²) < 4.78 is 43.8. The molecule has 3 aromatic carbocycles. The molecular formula is C32H23F3N4O4. The van der Waals surface area contributed by atoms with E-state index in [0.717, 1.165) is 12.1 Å². The first-order valence-corrected chi connectivity index (χ1v) is 12.9. The highest BCUT2D eigenvalue weighted by atomic mass is 19.4. The molecule has 2 amide bonds. The summed E-state index contributed by atoms with van der Waals surface area (Å²) in [5.41, 5.74) is 1.46. The molecule has 0 saturated carbocycles. The Kier molecular flexibility index (Phi) is 8.15. The van der Waals surface area contributed by atoms with Gasteiger partial charge in [-0.15, -0.1) is 0 Å². The number of benzene rings is 3. The van der Waals surface area contributed by atoms with E-state index in [2.05, 4.69) is 20.6 Å². The second-order valence-electron chi connectivity index (χ2n) is 9.36. The maximum atomic E-state index is 13.2. The lowest BCUT2D eigenvalue weighted by Gasteiger charge is -2.16. The van der Waals surface area contributed by atoms with Crippen molar-refractivity contribution in [3.8, 4) is 11.1 Å². The Morgan fingerprint density at radius 2 is 1.58 bits per heavy atom. The van der Waals surface area contributed by atoms with Crippen molar-refractivity contribution in [3.05, 3.63) is 126 Å². The number of hydrogen-bond donors (Lipinski definition) is 2. The third-order valence-corrected chi connectivity index (χ3v) is 6.58. The maximum absolute atomic E-state index is 13.2. The number of nitrogens with one attached hydrogen (secondary N) is 2. The van der Waals surface area contributed by atoms with E-state index in [1.165, 1.54) is 31.5 Å². The maximum Gasteiger partial charge on any atom is 0.416 e. The molecule has 216 valence electrons. The summed E-state index contributed by atoms with van der Waals surface area (Å²) in [6.07, 6.45) is -2.96. The van der Waals surface area contributed by atoms with Gasteiger partial charge in [-0.2, -0.15) is 13.2 Å². The Bertz CT molecular complexity index is 1810. The molecule has 0 spiro atoms. The van der Waals surface area contributed by atoms with Crippen molar-refractivity contribution in [1.82, 2.24) is 15.3 Å². The Morgan fingerprint density at radius 3 is 2.28 bits per heavy atom. The lowest BCUT2D eigenvalue weighted by molar-refractivity contribution is -0.143. The fourth-order valence-corrected chi connectivity index (χ4v) is 4.42. The number of rotatable bonds is 7. The Balaban J connectivity index is 1.34. The standard InChI is InChI=1S/C32H23F3N4O4/c1-43-31(42)28(26-8-4-5-17-36-26)39-29(40)21-11-15-25-20(18-21)12-16-27(37-25)38-30(41)24-7-3-2-6-23(24)19-9-13-22(14-10-19)32(33,34)35/h2-18,28H,1H3,(H,39,40)(H,37,38,41). The number of methoxy groups -OCH3 is 1. The van der Waals surface area contributed by atoms with E-state index in [1.54, 1.807) is 66.7 Å². The highest BCUT2D eigenvalue weighted by molar-refractivity contribution is 6.08. The summed E-state index contributed by atoms with van der Waals surface area (Å²) in [7, 11) is 1.22. The summed E-state index contributed by atoms with van der Waals surface area (Å²) in [5.74, 6) is -1.46. The van der Waals surface area contributed by atoms with Crippen molar-refractivity contribution in [1.29, 1.82) is 0 Å². The number of carbonyl (C=O) groups is 3. The van der Waals surface area contributed by atoms with E-state index in [1.807, 2.05) is 0 Å². The van der Waals surface area contributed by atoms with Crippen LogP contribution < -0.4 is 10.6 Å². The smallest absolute Gasteiger partial charge is 0.416 e. The third kappa shape index (κ3) is 6.51. The molecule has 5 rings (SSSR count). The van der Waals surface area contributed by atoms with Crippen molar-refractivity contribution < 1.29 is 32.3 Å². The lowest BCUT2D eigenvalue weighted by atomic mass is 9.98. The molecule has 2 aromatic heterocycles. The van der Waals surface area contributed by atoms with Crippen LogP contribution in [-0.2, 0) is 15.7 Å². The van der Waals surface area contributed by atoms with Gasteiger partial charge in [0, 0.05) is 22.7 Å². The quantitative estimate of drug-likeness (QED) is 0.220. The van der Waals surface area contributed by atoms with Crippen LogP contribution in [-0.4, -0.2) is 34.9 Å². The summed E-state index contributed by atoms with van der Waals surface area (Å²) in [4.78, 5) is 47.1. The molecule has 0 aliphatic heterocycles. The van der Waals surface area contributed by atoms with Crippen LogP contribution in [0.15, 0.2) is 103 Å². The number of nitrogens with zero attached hydrogens (tertiary/aromatic N) is 2. The van der Waals surface area contributed by atoms with Crippen LogP contribution in [0.1, 0.15) is 38.0 Å². The first kappa shape index (κ1) is 28.9. The molecular weight excluding hydrogens is 561 g/mol. The number of amides is 2. The molecule has 0 fully saturated rings. The minimum atomic E-state index is -4.47. The van der Waals surface area contributed by atoms with Gasteiger partial charge >= 0.3 is 12.1 Å². The SMILES string of the molecule is COC(=O)C(NC(=O)c1ccc2nc(NC(=O)c3ccccc3-c3ccc(C(F)(F)F)cc3)ccc2c1)c1ccccn1. The summed E-state index contributed by atoms with van der Waals surface area (Å²) in [5, 5.41) is 5.97. The van der Waals surface area contributed by atoms with E-state index in [4.69, 9.17) is 4.74 Å². The highest BCUT2D eigenvalue weighted by Gasteiger charge is 2.30. The number of fused-ring (bicyclic) bond motifs is 1. The molecule has 1 unspecified atom stereocenters. The normalized spacial score (nSPS) is 11.9. The number of carbonyl (C=O) groups excluding carboxylic acids is 3. The molecule has 5 aromatic rings. The number of hydrogen-bond acceptors (Lipinski definition) is 6. The van der Waals surface area contributed by atoms with E-state index >= 15 is 0 Å². The fourth-order valence-electron chi connectivity index (χ4n) is 4.42. The van der Waals surface area contributed by atoms with Gasteiger partial charge in [0.05, 0.1) is 23.9 Å². The molecule has 11 heteroatoms. The Hall–Kier alpha value is -5.58. The molecule has 2 N–H and O–H groups in total. The molecule has 2 heterocycles. The number of ether oxygens (including phenoxy) is 1. The van der Waals surface area contributed by atoms with E-state index in [-0.39, 0.29) is 16.9 Å². The Labute approximate surface area is 243 Å².